The van der Waals surface area contributed by atoms with Gasteiger partial charge < -0.3 is 15.3 Å². The van der Waals surface area contributed by atoms with Crippen molar-refractivity contribution in [2.75, 3.05) is 18.0 Å². The molecule has 1 saturated carbocycles. The van der Waals surface area contributed by atoms with Gasteiger partial charge in [0.05, 0.1) is 5.60 Å². The van der Waals surface area contributed by atoms with E-state index in [1.807, 2.05) is 26.0 Å². The van der Waals surface area contributed by atoms with E-state index in [-0.39, 0.29) is 0 Å². The Labute approximate surface area is 126 Å². The monoisotopic (exact) mass is 296 g/mol. The standard InChI is InChI=1S/C16H25ClN2O/c1-4-19(11-16(2,3)20)15-7-5-6-14(17)13(15)10-18-12-8-9-12/h5-7,12,18,20H,4,8-11H2,1-3H3. The van der Waals surface area contributed by atoms with Gasteiger partial charge in [0.2, 0.25) is 0 Å². The molecule has 1 aliphatic carbocycles. The minimum absolute atomic E-state index is 0.597. The number of benzene rings is 1. The normalized spacial score (nSPS) is 15.4. The second kappa shape index (κ2) is 6.33. The Hall–Kier alpha value is -0.770. The predicted molar refractivity (Wildman–Crippen MR) is 85.5 cm³/mol. The molecule has 0 aromatic heterocycles. The van der Waals surface area contributed by atoms with Crippen molar-refractivity contribution in [2.45, 2.75) is 51.8 Å². The number of halogens is 1. The molecule has 0 bridgehead atoms. The first kappa shape index (κ1) is 15.6. The number of hydrogen-bond donors (Lipinski definition) is 2. The smallest absolute Gasteiger partial charge is 0.0765 e. The van der Waals surface area contributed by atoms with Gasteiger partial charge in [-0.25, -0.2) is 0 Å². The largest absolute Gasteiger partial charge is 0.389 e. The fourth-order valence-corrected chi connectivity index (χ4v) is 2.62. The van der Waals surface area contributed by atoms with Crippen molar-refractivity contribution in [2.24, 2.45) is 0 Å². The number of aliphatic hydroxyl groups is 1. The highest BCUT2D eigenvalue weighted by molar-refractivity contribution is 6.31. The number of hydrogen-bond acceptors (Lipinski definition) is 3. The third-order valence-corrected chi connectivity index (χ3v) is 3.89. The molecule has 0 aliphatic heterocycles. The molecule has 0 atom stereocenters. The van der Waals surface area contributed by atoms with Gasteiger partial charge in [0.1, 0.15) is 0 Å². The van der Waals surface area contributed by atoms with E-state index in [1.165, 1.54) is 12.8 Å². The molecule has 2 rings (SSSR count). The molecule has 0 unspecified atom stereocenters. The molecule has 0 amide bonds. The van der Waals surface area contributed by atoms with E-state index in [1.54, 1.807) is 0 Å². The molecule has 112 valence electrons. The molecule has 4 heteroatoms. The van der Waals surface area contributed by atoms with Crippen LogP contribution in [0.5, 0.6) is 0 Å². The topological polar surface area (TPSA) is 35.5 Å². The molecule has 1 aromatic rings. The summed E-state index contributed by atoms with van der Waals surface area (Å²) in [6.07, 6.45) is 2.53. The van der Waals surface area contributed by atoms with Crippen LogP contribution in [0.15, 0.2) is 18.2 Å². The fourth-order valence-electron chi connectivity index (χ4n) is 2.39. The van der Waals surface area contributed by atoms with E-state index in [0.29, 0.717) is 12.6 Å². The maximum Gasteiger partial charge on any atom is 0.0765 e. The quantitative estimate of drug-likeness (QED) is 0.811. The lowest BCUT2D eigenvalue weighted by atomic mass is 10.1. The fraction of sp³-hybridized carbons (Fsp3) is 0.625. The lowest BCUT2D eigenvalue weighted by Crippen LogP contribution is -2.39. The number of nitrogens with zero attached hydrogens (tertiary/aromatic N) is 1. The minimum Gasteiger partial charge on any atom is -0.389 e. The number of anilines is 1. The lowest BCUT2D eigenvalue weighted by Gasteiger charge is -2.32. The van der Waals surface area contributed by atoms with Gasteiger partial charge in [-0.2, -0.15) is 0 Å². The van der Waals surface area contributed by atoms with Gasteiger partial charge in [-0.1, -0.05) is 17.7 Å². The first-order chi connectivity index (χ1) is 9.40. The highest BCUT2D eigenvalue weighted by Gasteiger charge is 2.23. The zero-order valence-corrected chi connectivity index (χ0v) is 13.4. The van der Waals surface area contributed by atoms with Crippen LogP contribution >= 0.6 is 11.6 Å². The van der Waals surface area contributed by atoms with Crippen LogP contribution in [0.1, 0.15) is 39.2 Å². The van der Waals surface area contributed by atoms with Gasteiger partial charge in [-0.3, -0.25) is 0 Å². The van der Waals surface area contributed by atoms with Crippen molar-refractivity contribution in [1.82, 2.24) is 5.32 Å². The molecule has 0 spiro atoms. The molecule has 1 aliphatic rings. The van der Waals surface area contributed by atoms with Crippen molar-refractivity contribution in [3.8, 4) is 0 Å². The molecule has 0 heterocycles. The first-order valence-corrected chi connectivity index (χ1v) is 7.76. The third-order valence-electron chi connectivity index (χ3n) is 3.54. The summed E-state index contributed by atoms with van der Waals surface area (Å²) in [6, 6.07) is 6.66. The Morgan fingerprint density at radius 3 is 2.65 bits per heavy atom. The van der Waals surface area contributed by atoms with E-state index in [0.717, 1.165) is 29.4 Å². The molecule has 1 fully saturated rings. The zero-order valence-electron chi connectivity index (χ0n) is 12.6. The molecule has 3 nitrogen and oxygen atoms in total. The average Bonchev–Trinajstić information content (AvgIpc) is 3.17. The Bertz CT molecular complexity index is 452. The summed E-state index contributed by atoms with van der Waals surface area (Å²) >= 11 is 6.38. The van der Waals surface area contributed by atoms with Gasteiger partial charge in [-0.15, -0.1) is 0 Å². The van der Waals surface area contributed by atoms with E-state index in [9.17, 15) is 5.11 Å². The van der Waals surface area contributed by atoms with E-state index in [2.05, 4.69) is 23.2 Å². The van der Waals surface area contributed by atoms with Gasteiger partial charge in [0.25, 0.3) is 0 Å². The van der Waals surface area contributed by atoms with E-state index < -0.39 is 5.60 Å². The van der Waals surface area contributed by atoms with Crippen LogP contribution in [0.3, 0.4) is 0 Å². The molecule has 0 radical (unpaired) electrons. The van der Waals surface area contributed by atoms with Crippen LogP contribution in [0.25, 0.3) is 0 Å². The highest BCUT2D eigenvalue weighted by atomic mass is 35.5. The van der Waals surface area contributed by atoms with Gasteiger partial charge in [-0.05, 0) is 45.7 Å². The predicted octanol–water partition coefficient (Wildman–Crippen LogP) is 3.19. The van der Waals surface area contributed by atoms with Crippen molar-refractivity contribution in [1.29, 1.82) is 0 Å². The summed E-state index contributed by atoms with van der Waals surface area (Å²) < 4.78 is 0. The Morgan fingerprint density at radius 2 is 2.10 bits per heavy atom. The van der Waals surface area contributed by atoms with Crippen LogP contribution in [-0.4, -0.2) is 29.8 Å². The number of rotatable bonds is 7. The van der Waals surface area contributed by atoms with Gasteiger partial charge in [0, 0.05) is 41.9 Å². The Kier molecular flexibility index (Phi) is 4.95. The summed E-state index contributed by atoms with van der Waals surface area (Å²) in [5.74, 6) is 0. The second-order valence-electron chi connectivity index (χ2n) is 6.22. The van der Waals surface area contributed by atoms with E-state index >= 15 is 0 Å². The van der Waals surface area contributed by atoms with E-state index in [4.69, 9.17) is 11.6 Å². The molecular formula is C16H25ClN2O. The van der Waals surface area contributed by atoms with Crippen molar-refractivity contribution in [3.63, 3.8) is 0 Å². The van der Waals surface area contributed by atoms with Gasteiger partial charge >= 0.3 is 0 Å². The van der Waals surface area contributed by atoms with Crippen LogP contribution in [-0.2, 0) is 6.54 Å². The molecule has 0 saturated heterocycles. The maximum absolute atomic E-state index is 10.1. The number of nitrogens with one attached hydrogen (secondary N) is 1. The minimum atomic E-state index is -0.723. The molecule has 2 N–H and O–H groups in total. The highest BCUT2D eigenvalue weighted by Crippen LogP contribution is 2.30. The maximum atomic E-state index is 10.1. The number of likely N-dealkylation sites (N-methyl/N-ethyl adjacent to an activating group) is 1. The molecular weight excluding hydrogens is 272 g/mol. The third kappa shape index (κ3) is 4.37. The Morgan fingerprint density at radius 1 is 1.40 bits per heavy atom. The van der Waals surface area contributed by atoms with Gasteiger partial charge in [0.15, 0.2) is 0 Å². The molecule has 1 aromatic carbocycles. The summed E-state index contributed by atoms with van der Waals surface area (Å²) in [4.78, 5) is 2.19. The Balaban J connectivity index is 2.20. The van der Waals surface area contributed by atoms with Crippen molar-refractivity contribution in [3.05, 3.63) is 28.8 Å². The SMILES string of the molecule is CCN(CC(C)(C)O)c1cccc(Cl)c1CNC1CC1. The summed E-state index contributed by atoms with van der Waals surface area (Å²) in [7, 11) is 0. The second-order valence-corrected chi connectivity index (χ2v) is 6.63. The average molecular weight is 297 g/mol. The van der Waals surface area contributed by atoms with Crippen molar-refractivity contribution < 1.29 is 5.11 Å². The summed E-state index contributed by atoms with van der Waals surface area (Å²) in [6.45, 7) is 8.01. The van der Waals surface area contributed by atoms with Crippen LogP contribution < -0.4 is 10.2 Å². The summed E-state index contributed by atoms with van der Waals surface area (Å²) in [5.41, 5.74) is 1.53. The first-order valence-electron chi connectivity index (χ1n) is 7.39. The zero-order chi connectivity index (χ0) is 14.8. The van der Waals surface area contributed by atoms with Crippen molar-refractivity contribution >= 4 is 17.3 Å². The van der Waals surface area contributed by atoms with Crippen LogP contribution in [0.4, 0.5) is 5.69 Å². The summed E-state index contributed by atoms with van der Waals surface area (Å²) in [5, 5.41) is 14.4. The molecule has 20 heavy (non-hydrogen) atoms. The lowest BCUT2D eigenvalue weighted by molar-refractivity contribution is 0.0875. The van der Waals surface area contributed by atoms with Crippen LogP contribution in [0, 0.1) is 0 Å². The van der Waals surface area contributed by atoms with Crippen LogP contribution in [0.2, 0.25) is 5.02 Å².